The van der Waals surface area contributed by atoms with Crippen molar-refractivity contribution >= 4 is 17.3 Å². The zero-order valence-electron chi connectivity index (χ0n) is 10.8. The Morgan fingerprint density at radius 1 is 1.29 bits per heavy atom. The highest BCUT2D eigenvalue weighted by Gasteiger charge is 2.33. The predicted octanol–water partition coefficient (Wildman–Crippen LogP) is 3.05. The van der Waals surface area contributed by atoms with Crippen molar-refractivity contribution in [2.45, 2.75) is 34.1 Å². The molecule has 0 N–H and O–H groups in total. The summed E-state index contributed by atoms with van der Waals surface area (Å²) in [4.78, 5) is 12.2. The monoisotopic (exact) mass is 230 g/mol. The van der Waals surface area contributed by atoms with E-state index in [1.165, 1.54) is 0 Å². The third-order valence-electron chi connectivity index (χ3n) is 3.27. The van der Waals surface area contributed by atoms with Crippen molar-refractivity contribution in [2.24, 2.45) is 11.0 Å². The van der Waals surface area contributed by atoms with Crippen LogP contribution >= 0.6 is 0 Å². The second-order valence-corrected chi connectivity index (χ2v) is 4.64. The van der Waals surface area contributed by atoms with Gasteiger partial charge in [-0.05, 0) is 44.4 Å². The highest BCUT2D eigenvalue weighted by molar-refractivity contribution is 6.14. The second-order valence-electron chi connectivity index (χ2n) is 4.64. The lowest BCUT2D eigenvalue weighted by Crippen LogP contribution is -2.27. The Labute approximate surface area is 102 Å². The van der Waals surface area contributed by atoms with Crippen LogP contribution in [0.5, 0.6) is 0 Å². The first kappa shape index (κ1) is 11.8. The van der Waals surface area contributed by atoms with Gasteiger partial charge in [0.2, 0.25) is 0 Å². The number of nitrogens with zero attached hydrogens (tertiary/aromatic N) is 2. The lowest BCUT2D eigenvalue weighted by Gasteiger charge is -2.16. The Bertz CT molecular complexity index is 491. The fourth-order valence-electron chi connectivity index (χ4n) is 2.19. The van der Waals surface area contributed by atoms with Gasteiger partial charge in [-0.2, -0.15) is 10.1 Å². The number of anilines is 1. The third-order valence-corrected chi connectivity index (χ3v) is 3.27. The lowest BCUT2D eigenvalue weighted by atomic mass is 10.0. The van der Waals surface area contributed by atoms with Crippen molar-refractivity contribution in [3.8, 4) is 0 Å². The van der Waals surface area contributed by atoms with E-state index in [-0.39, 0.29) is 11.8 Å². The van der Waals surface area contributed by atoms with Crippen LogP contribution < -0.4 is 5.01 Å². The molecule has 0 radical (unpaired) electrons. The van der Waals surface area contributed by atoms with E-state index in [9.17, 15) is 4.79 Å². The fourth-order valence-corrected chi connectivity index (χ4v) is 2.19. The number of carbonyl (C=O) groups excluding carboxylic acids is 1. The number of rotatable bonds is 2. The highest BCUT2D eigenvalue weighted by atomic mass is 16.2. The molecule has 3 nitrogen and oxygen atoms in total. The van der Waals surface area contributed by atoms with Gasteiger partial charge in [-0.1, -0.05) is 19.1 Å². The molecule has 2 rings (SSSR count). The van der Waals surface area contributed by atoms with Crippen molar-refractivity contribution in [3.63, 3.8) is 0 Å². The van der Waals surface area contributed by atoms with Gasteiger partial charge in [0.25, 0.3) is 5.91 Å². The van der Waals surface area contributed by atoms with Gasteiger partial charge in [0.1, 0.15) is 0 Å². The molecule has 0 saturated carbocycles. The largest absolute Gasteiger partial charge is 0.272 e. The van der Waals surface area contributed by atoms with E-state index in [0.717, 1.165) is 28.9 Å². The molecule has 3 heteroatoms. The minimum absolute atomic E-state index is 0.0464. The molecule has 1 heterocycles. The highest BCUT2D eigenvalue weighted by Crippen LogP contribution is 2.28. The molecule has 0 fully saturated rings. The van der Waals surface area contributed by atoms with Crippen LogP contribution in [-0.2, 0) is 4.79 Å². The standard InChI is InChI=1S/C14H18N2O/c1-5-12-11(4)15-16(14(12)17)13-8-9(2)6-7-10(13)3/h6-8,12H,5H2,1-4H3. The molecule has 1 unspecified atom stereocenters. The Balaban J connectivity index is 2.42. The van der Waals surface area contributed by atoms with Crippen LogP contribution in [0, 0.1) is 19.8 Å². The Kier molecular flexibility index (Phi) is 3.01. The minimum atomic E-state index is -0.0464. The van der Waals surface area contributed by atoms with Gasteiger partial charge in [-0.3, -0.25) is 4.79 Å². The first-order valence-electron chi connectivity index (χ1n) is 6.01. The lowest BCUT2D eigenvalue weighted by molar-refractivity contribution is -0.119. The van der Waals surface area contributed by atoms with Gasteiger partial charge in [0, 0.05) is 5.71 Å². The maximum absolute atomic E-state index is 12.2. The molecule has 17 heavy (non-hydrogen) atoms. The molecule has 0 spiro atoms. The molecule has 1 aliphatic heterocycles. The van der Waals surface area contributed by atoms with Crippen LogP contribution in [0.2, 0.25) is 0 Å². The van der Waals surface area contributed by atoms with Gasteiger partial charge in [-0.25, -0.2) is 0 Å². The van der Waals surface area contributed by atoms with Crippen molar-refractivity contribution < 1.29 is 4.79 Å². The third kappa shape index (κ3) is 1.97. The number of hydrogen-bond donors (Lipinski definition) is 0. The van der Waals surface area contributed by atoms with Crippen LogP contribution in [-0.4, -0.2) is 11.6 Å². The summed E-state index contributed by atoms with van der Waals surface area (Å²) >= 11 is 0. The summed E-state index contributed by atoms with van der Waals surface area (Å²) < 4.78 is 0. The van der Waals surface area contributed by atoms with Gasteiger partial charge < -0.3 is 0 Å². The van der Waals surface area contributed by atoms with E-state index < -0.39 is 0 Å². The molecule has 0 aromatic heterocycles. The van der Waals surface area contributed by atoms with Gasteiger partial charge >= 0.3 is 0 Å². The van der Waals surface area contributed by atoms with Crippen LogP contribution in [0.15, 0.2) is 23.3 Å². The molecule has 0 aliphatic carbocycles. The van der Waals surface area contributed by atoms with Gasteiger partial charge in [0.05, 0.1) is 11.6 Å². The van der Waals surface area contributed by atoms with Crippen LogP contribution in [0.3, 0.4) is 0 Å². The quantitative estimate of drug-likeness (QED) is 0.768. The normalized spacial score (nSPS) is 19.8. The summed E-state index contributed by atoms with van der Waals surface area (Å²) in [6.07, 6.45) is 0.815. The number of carbonyl (C=O) groups is 1. The molecular weight excluding hydrogens is 212 g/mol. The average Bonchev–Trinajstić information content (AvgIpc) is 2.57. The Hall–Kier alpha value is -1.64. The number of aryl methyl sites for hydroxylation is 2. The van der Waals surface area contributed by atoms with Crippen molar-refractivity contribution in [3.05, 3.63) is 29.3 Å². The maximum Gasteiger partial charge on any atom is 0.256 e. The van der Waals surface area contributed by atoms with E-state index in [2.05, 4.69) is 5.10 Å². The Morgan fingerprint density at radius 3 is 2.59 bits per heavy atom. The first-order valence-corrected chi connectivity index (χ1v) is 6.01. The molecule has 1 aromatic carbocycles. The molecule has 1 atom stereocenters. The molecule has 0 saturated heterocycles. The van der Waals surface area contributed by atoms with E-state index in [1.54, 1.807) is 5.01 Å². The molecule has 1 aromatic rings. The number of benzene rings is 1. The summed E-state index contributed by atoms with van der Waals surface area (Å²) in [5.41, 5.74) is 4.05. The molecule has 1 aliphatic rings. The van der Waals surface area contributed by atoms with Crippen LogP contribution in [0.1, 0.15) is 31.4 Å². The summed E-state index contributed by atoms with van der Waals surface area (Å²) in [6.45, 7) is 7.98. The van der Waals surface area contributed by atoms with Gasteiger partial charge in [0.15, 0.2) is 0 Å². The van der Waals surface area contributed by atoms with Crippen molar-refractivity contribution in [1.29, 1.82) is 0 Å². The molecule has 0 bridgehead atoms. The molecule has 90 valence electrons. The summed E-state index contributed by atoms with van der Waals surface area (Å²) in [7, 11) is 0. The van der Waals surface area contributed by atoms with E-state index in [4.69, 9.17) is 0 Å². The number of hydrazone groups is 1. The summed E-state index contributed by atoms with van der Waals surface area (Å²) in [5, 5.41) is 5.96. The number of amides is 1. The van der Waals surface area contributed by atoms with Crippen molar-refractivity contribution in [1.82, 2.24) is 0 Å². The van der Waals surface area contributed by atoms with E-state index >= 15 is 0 Å². The minimum Gasteiger partial charge on any atom is -0.272 e. The topological polar surface area (TPSA) is 32.7 Å². The average molecular weight is 230 g/mol. The summed E-state index contributed by atoms with van der Waals surface area (Å²) in [5.74, 6) is 0.0496. The maximum atomic E-state index is 12.2. The molecule has 1 amide bonds. The SMILES string of the molecule is CCC1C(=O)N(c2cc(C)ccc2C)N=C1C. The Morgan fingerprint density at radius 2 is 2.00 bits per heavy atom. The summed E-state index contributed by atoms with van der Waals surface area (Å²) in [6, 6.07) is 6.09. The molecular formula is C14H18N2O. The number of hydrogen-bond acceptors (Lipinski definition) is 2. The predicted molar refractivity (Wildman–Crippen MR) is 70.3 cm³/mol. The van der Waals surface area contributed by atoms with E-state index in [0.29, 0.717) is 0 Å². The van der Waals surface area contributed by atoms with Crippen LogP contribution in [0.25, 0.3) is 0 Å². The smallest absolute Gasteiger partial charge is 0.256 e. The second kappa shape index (κ2) is 4.32. The fraction of sp³-hybridized carbons (Fsp3) is 0.429. The van der Waals surface area contributed by atoms with Crippen molar-refractivity contribution in [2.75, 3.05) is 5.01 Å². The zero-order chi connectivity index (χ0) is 12.6. The van der Waals surface area contributed by atoms with E-state index in [1.807, 2.05) is 45.9 Å². The first-order chi connectivity index (χ1) is 8.04. The van der Waals surface area contributed by atoms with Crippen LogP contribution in [0.4, 0.5) is 5.69 Å². The zero-order valence-corrected chi connectivity index (χ0v) is 10.8. The van der Waals surface area contributed by atoms with Gasteiger partial charge in [-0.15, -0.1) is 0 Å².